The van der Waals surface area contributed by atoms with Gasteiger partial charge in [-0.1, -0.05) is 293 Å². The molecule has 0 spiro atoms. The second-order valence-corrected chi connectivity index (χ2v) is 39.1. The lowest BCUT2D eigenvalue weighted by Gasteiger charge is -2.45. The van der Waals surface area contributed by atoms with Crippen molar-refractivity contribution < 1.29 is 23.7 Å². The third kappa shape index (κ3) is 41.4. The van der Waals surface area contributed by atoms with Crippen molar-refractivity contribution in [2.24, 2.45) is 171 Å². The van der Waals surface area contributed by atoms with Crippen molar-refractivity contribution in [2.75, 3.05) is 46.8 Å². The highest BCUT2D eigenvalue weighted by molar-refractivity contribution is 5.20. The average molecular weight is 1410 g/mol. The molecule has 1 aromatic rings. The van der Waals surface area contributed by atoms with Crippen LogP contribution in [0.3, 0.4) is 0 Å². The van der Waals surface area contributed by atoms with Gasteiger partial charge in [0.1, 0.15) is 0 Å². The van der Waals surface area contributed by atoms with Crippen molar-refractivity contribution in [3.63, 3.8) is 0 Å². The maximum Gasteiger partial charge on any atom is 0.0576 e. The first kappa shape index (κ1) is 103. The molecule has 600 valence electrons. The van der Waals surface area contributed by atoms with Crippen LogP contribution in [0.25, 0.3) is 0 Å². The van der Waals surface area contributed by atoms with Gasteiger partial charge in [0.05, 0.1) is 18.3 Å². The first-order chi connectivity index (χ1) is 46.2. The number of methoxy groups -OCH3 is 1. The van der Waals surface area contributed by atoms with E-state index in [4.69, 9.17) is 23.7 Å². The molecule has 0 aliphatic carbocycles. The van der Waals surface area contributed by atoms with E-state index in [1.165, 1.54) is 63.4 Å². The summed E-state index contributed by atoms with van der Waals surface area (Å²) in [5.41, 5.74) is 1.99. The van der Waals surface area contributed by atoms with Crippen LogP contribution in [-0.2, 0) is 23.7 Å². The van der Waals surface area contributed by atoms with Crippen molar-refractivity contribution in [3.8, 4) is 0 Å². The monoisotopic (exact) mass is 1410 g/mol. The molecule has 4 saturated heterocycles. The number of hydrogen-bond donors (Lipinski definition) is 0. The fourth-order valence-electron chi connectivity index (χ4n) is 22.0. The van der Waals surface area contributed by atoms with Gasteiger partial charge >= 0.3 is 0 Å². The highest BCUT2D eigenvalue weighted by atomic mass is 16.5. The fraction of sp³-hybridized carbons (Fsp3) is 0.937. The lowest BCUT2D eigenvalue weighted by molar-refractivity contribution is -0.0728. The zero-order chi connectivity index (χ0) is 78.2. The molecule has 0 saturated carbocycles. The molecule has 5 heteroatoms. The van der Waals surface area contributed by atoms with Crippen LogP contribution in [0.2, 0.25) is 0 Å². The smallest absolute Gasteiger partial charge is 0.0576 e. The van der Waals surface area contributed by atoms with Crippen molar-refractivity contribution >= 4 is 0 Å². The van der Waals surface area contributed by atoms with Gasteiger partial charge in [-0.15, -0.1) is 0 Å². The summed E-state index contributed by atoms with van der Waals surface area (Å²) < 4.78 is 27.6. The van der Waals surface area contributed by atoms with Gasteiger partial charge in [0, 0.05) is 46.8 Å². The van der Waals surface area contributed by atoms with Crippen LogP contribution in [0.4, 0.5) is 0 Å². The van der Waals surface area contributed by atoms with Crippen molar-refractivity contribution in [2.45, 2.75) is 359 Å². The topological polar surface area (TPSA) is 46.2 Å². The lowest BCUT2D eigenvalue weighted by Crippen LogP contribution is -2.39. The van der Waals surface area contributed by atoms with Crippen LogP contribution in [0.5, 0.6) is 0 Å². The summed E-state index contributed by atoms with van der Waals surface area (Å²) >= 11 is 0. The molecule has 4 fully saturated rings. The number of benzene rings is 1. The molecule has 5 rings (SSSR count). The SMILES string of the molecule is CC(C)C(C(C)C)C(C)C.CC(C)C(C(C)C)C1(C)CCOCC1.CC(C)C(C(C)C)C1CCCOC1.CC(C)C(C(C)C)C1CCOCC1.CC(C)C(c1ccccc1)C(C)C.CC1CC(C(C(C)C)C(C)C)CC(C)O1.CCC(C)C(C(C)C)C(C)C.COC(C)C(C(C)C)C(C)C. The van der Waals surface area contributed by atoms with Crippen LogP contribution in [0.15, 0.2) is 30.3 Å². The molecule has 1 aromatic carbocycles. The highest BCUT2D eigenvalue weighted by Crippen LogP contribution is 2.46. The van der Waals surface area contributed by atoms with Gasteiger partial charge in [-0.3, -0.25) is 0 Å². The summed E-state index contributed by atoms with van der Waals surface area (Å²) in [6.45, 7) is 99.0. The quantitative estimate of drug-likeness (QED) is 0.0925. The van der Waals surface area contributed by atoms with Crippen LogP contribution in [-0.4, -0.2) is 65.1 Å². The van der Waals surface area contributed by atoms with Gasteiger partial charge in [0.2, 0.25) is 0 Å². The first-order valence-corrected chi connectivity index (χ1v) is 43.2. The summed E-state index contributed by atoms with van der Waals surface area (Å²) in [4.78, 5) is 0. The van der Waals surface area contributed by atoms with Gasteiger partial charge in [0.25, 0.3) is 0 Å². The van der Waals surface area contributed by atoms with E-state index in [-0.39, 0.29) is 0 Å². The Morgan fingerprint density at radius 3 is 1.00 bits per heavy atom. The maximum absolute atomic E-state index is 5.83. The average Bonchev–Trinajstić information content (AvgIpc) is 0.817. The van der Waals surface area contributed by atoms with E-state index in [1.54, 1.807) is 7.11 Å². The summed E-state index contributed by atoms with van der Waals surface area (Å²) in [7, 11) is 1.79. The van der Waals surface area contributed by atoms with E-state index in [0.29, 0.717) is 47.4 Å². The molecule has 4 aliphatic rings. The minimum Gasteiger partial charge on any atom is -0.381 e. The normalized spacial score (nSPS) is 20.0. The highest BCUT2D eigenvalue weighted by Gasteiger charge is 2.40. The van der Waals surface area contributed by atoms with Crippen LogP contribution in [0.1, 0.15) is 346 Å². The molecule has 5 unspecified atom stereocenters. The Kier molecular flexibility index (Phi) is 57.2. The Hall–Kier alpha value is -0.980. The van der Waals surface area contributed by atoms with E-state index >= 15 is 0 Å². The van der Waals surface area contributed by atoms with Gasteiger partial charge in [-0.2, -0.15) is 0 Å². The minimum absolute atomic E-state index is 0.384. The van der Waals surface area contributed by atoms with Crippen molar-refractivity contribution in [3.05, 3.63) is 35.9 Å². The van der Waals surface area contributed by atoms with Crippen LogP contribution < -0.4 is 0 Å². The molecule has 4 heterocycles. The first-order valence-electron chi connectivity index (χ1n) is 43.2. The molecular weight excluding hydrogens is 1220 g/mol. The number of rotatable bonds is 26. The summed E-state index contributed by atoms with van der Waals surface area (Å²) in [5.74, 6) is 23.5. The van der Waals surface area contributed by atoms with Gasteiger partial charge < -0.3 is 23.7 Å². The van der Waals surface area contributed by atoms with E-state index in [0.717, 1.165) is 188 Å². The molecule has 0 N–H and O–H groups in total. The Balaban J connectivity index is -0.00000108. The molecule has 0 bridgehead atoms. The molecule has 100 heavy (non-hydrogen) atoms. The Labute approximate surface area is 632 Å². The standard InChI is InChI=1S/C14H28O.C13H26O.C13H20.2C12H24O.C11H24.C10H22O.C10H22/c1-9(2)14(10(3)4)13-7-11(5)15-12(6)8-13;1-10(2)12(11(3)4)13(5)6-8-14-9-7-13;1-10(2)13(11(3)4)12-8-6-5-7-9-12;1-9(2)12(10(3)4)11-5-7-13-8-6-11;1-9(2)12(10(3)4)11-6-5-7-13-8-11;1-7-10(6)11(8(2)3)9(4)5;1-7(2)10(8(3)4)9(5)11-6;1-7(2)10(8(3)4)9(5)6/h9-14H,7-8H2,1-6H3;10-12H,6-9H2,1-5H3;5-11,13H,1-4H3;2*9-12H,5-8H2,1-4H3;8-11H,7H2,1-6H3;7-10H,1-6H3;7-10H,1-6H3. The molecule has 4 aliphatic heterocycles. The predicted octanol–water partition coefficient (Wildman–Crippen LogP) is 29.1. The Morgan fingerprint density at radius 2 is 0.730 bits per heavy atom. The van der Waals surface area contributed by atoms with Crippen LogP contribution in [0, 0.1) is 171 Å². The van der Waals surface area contributed by atoms with E-state index in [2.05, 4.69) is 307 Å². The predicted molar refractivity (Wildman–Crippen MR) is 450 cm³/mol. The largest absolute Gasteiger partial charge is 0.381 e. The maximum atomic E-state index is 5.83. The van der Waals surface area contributed by atoms with Gasteiger partial charge in [-0.05, 0) is 255 Å². The summed E-state index contributed by atoms with van der Waals surface area (Å²) in [5, 5.41) is 0. The second kappa shape index (κ2) is 55.4. The summed E-state index contributed by atoms with van der Waals surface area (Å²) in [6.07, 6.45) is 12.8. The van der Waals surface area contributed by atoms with E-state index < -0.39 is 0 Å². The minimum atomic E-state index is 0.384. The Morgan fingerprint density at radius 1 is 0.380 bits per heavy atom. The molecule has 0 aromatic heterocycles. The third-order valence-corrected chi connectivity index (χ3v) is 24.5. The zero-order valence-corrected chi connectivity index (χ0v) is 76.0. The second-order valence-electron chi connectivity index (χ2n) is 39.1. The summed E-state index contributed by atoms with van der Waals surface area (Å²) in [6, 6.07) is 10.8. The van der Waals surface area contributed by atoms with Crippen molar-refractivity contribution in [1.29, 1.82) is 0 Å². The molecule has 5 nitrogen and oxygen atoms in total. The third-order valence-electron chi connectivity index (χ3n) is 24.5. The Bertz CT molecular complexity index is 1810. The number of hydrogen-bond acceptors (Lipinski definition) is 5. The zero-order valence-electron chi connectivity index (χ0n) is 76.0. The molecule has 0 radical (unpaired) electrons. The van der Waals surface area contributed by atoms with Gasteiger partial charge in [-0.25, -0.2) is 0 Å². The molecule has 0 amide bonds. The molecular formula is C95H190O5. The molecule has 5 atom stereocenters. The number of ether oxygens (including phenoxy) is 5. The van der Waals surface area contributed by atoms with E-state index in [1.807, 2.05) is 0 Å². The fourth-order valence-corrected chi connectivity index (χ4v) is 22.0. The van der Waals surface area contributed by atoms with Crippen LogP contribution >= 0.6 is 0 Å². The van der Waals surface area contributed by atoms with Crippen molar-refractivity contribution in [1.82, 2.24) is 0 Å². The lowest BCUT2D eigenvalue weighted by atomic mass is 9.63. The van der Waals surface area contributed by atoms with Gasteiger partial charge in [0.15, 0.2) is 0 Å². The van der Waals surface area contributed by atoms with E-state index in [9.17, 15) is 0 Å².